The maximum Gasteiger partial charge on any atom is 0.320 e. The molecule has 1 fully saturated rings. The lowest BCUT2D eigenvalue weighted by molar-refractivity contribution is -0.142. The second kappa shape index (κ2) is 3.84. The van der Waals surface area contributed by atoms with Gasteiger partial charge in [-0.15, -0.1) is 0 Å². The lowest BCUT2D eigenvalue weighted by Crippen LogP contribution is -2.35. The van der Waals surface area contributed by atoms with Crippen molar-refractivity contribution in [2.24, 2.45) is 0 Å². The van der Waals surface area contributed by atoms with Crippen LogP contribution in [-0.2, 0) is 11.3 Å². The van der Waals surface area contributed by atoms with Crippen LogP contribution in [0, 0.1) is 0 Å². The fourth-order valence-electron chi connectivity index (χ4n) is 1.90. The van der Waals surface area contributed by atoms with Crippen LogP contribution in [0.25, 0.3) is 0 Å². The summed E-state index contributed by atoms with van der Waals surface area (Å²) in [6.07, 6.45) is 3.31. The lowest BCUT2D eigenvalue weighted by atomic mass is 10.2. The Balaban J connectivity index is 2.00. The van der Waals surface area contributed by atoms with Crippen molar-refractivity contribution < 1.29 is 14.3 Å². The molecular weight excluding hydrogens is 182 g/mol. The summed E-state index contributed by atoms with van der Waals surface area (Å²) in [5.41, 5.74) is 0. The molecule has 0 aliphatic carbocycles. The first-order chi connectivity index (χ1) is 6.77. The van der Waals surface area contributed by atoms with Gasteiger partial charge in [0.25, 0.3) is 0 Å². The molecule has 2 rings (SSSR count). The smallest absolute Gasteiger partial charge is 0.320 e. The van der Waals surface area contributed by atoms with E-state index in [1.165, 1.54) is 0 Å². The molecule has 1 atom stereocenters. The number of hydrogen-bond acceptors (Lipinski definition) is 3. The minimum Gasteiger partial charge on any atom is -0.480 e. The molecular formula is C10H13NO3. The molecule has 1 aliphatic rings. The number of carboxylic acids is 1. The van der Waals surface area contributed by atoms with Gasteiger partial charge in [0.15, 0.2) is 0 Å². The number of likely N-dealkylation sites (tertiary alicyclic amines) is 1. The molecule has 0 spiro atoms. The normalized spacial score (nSPS) is 22.7. The van der Waals surface area contributed by atoms with Crippen molar-refractivity contribution in [3.63, 3.8) is 0 Å². The Morgan fingerprint density at radius 3 is 3.21 bits per heavy atom. The molecule has 0 unspecified atom stereocenters. The predicted molar refractivity (Wildman–Crippen MR) is 49.8 cm³/mol. The molecule has 0 saturated carbocycles. The van der Waals surface area contributed by atoms with Crippen molar-refractivity contribution in [2.75, 3.05) is 6.54 Å². The molecule has 2 heterocycles. The Hall–Kier alpha value is -1.29. The van der Waals surface area contributed by atoms with Crippen molar-refractivity contribution in [3.05, 3.63) is 24.2 Å². The SMILES string of the molecule is O=C(O)[C@@H]1CCCN1Cc1ccco1. The van der Waals surface area contributed by atoms with Crippen LogP contribution in [0.15, 0.2) is 22.8 Å². The van der Waals surface area contributed by atoms with Crippen LogP contribution in [-0.4, -0.2) is 28.6 Å². The van der Waals surface area contributed by atoms with Crippen molar-refractivity contribution in [2.45, 2.75) is 25.4 Å². The molecule has 14 heavy (non-hydrogen) atoms. The second-order valence-corrected chi connectivity index (χ2v) is 3.55. The van der Waals surface area contributed by atoms with E-state index in [4.69, 9.17) is 9.52 Å². The van der Waals surface area contributed by atoms with Gasteiger partial charge in [0.2, 0.25) is 0 Å². The van der Waals surface area contributed by atoms with Gasteiger partial charge < -0.3 is 9.52 Å². The summed E-state index contributed by atoms with van der Waals surface area (Å²) >= 11 is 0. The zero-order valence-corrected chi connectivity index (χ0v) is 7.85. The highest BCUT2D eigenvalue weighted by molar-refractivity contribution is 5.73. The van der Waals surface area contributed by atoms with Gasteiger partial charge in [0.1, 0.15) is 11.8 Å². The van der Waals surface area contributed by atoms with Gasteiger partial charge >= 0.3 is 5.97 Å². The Labute approximate surface area is 82.1 Å². The average Bonchev–Trinajstić information content (AvgIpc) is 2.75. The summed E-state index contributed by atoms with van der Waals surface area (Å²) in [6, 6.07) is 3.36. The number of rotatable bonds is 3. The highest BCUT2D eigenvalue weighted by Crippen LogP contribution is 2.20. The number of hydrogen-bond donors (Lipinski definition) is 1. The molecule has 0 amide bonds. The van der Waals surface area contributed by atoms with E-state index in [-0.39, 0.29) is 6.04 Å². The van der Waals surface area contributed by atoms with Gasteiger partial charge in [-0.2, -0.15) is 0 Å². The van der Waals surface area contributed by atoms with E-state index < -0.39 is 5.97 Å². The van der Waals surface area contributed by atoms with Gasteiger partial charge in [0, 0.05) is 0 Å². The van der Waals surface area contributed by atoms with Gasteiger partial charge in [-0.1, -0.05) is 0 Å². The van der Waals surface area contributed by atoms with Crippen molar-refractivity contribution >= 4 is 5.97 Å². The molecule has 1 aliphatic heterocycles. The van der Waals surface area contributed by atoms with E-state index in [0.717, 1.165) is 25.1 Å². The van der Waals surface area contributed by atoms with Crippen LogP contribution in [0.1, 0.15) is 18.6 Å². The lowest BCUT2D eigenvalue weighted by Gasteiger charge is -2.19. The van der Waals surface area contributed by atoms with Crippen molar-refractivity contribution in [3.8, 4) is 0 Å². The molecule has 1 saturated heterocycles. The van der Waals surface area contributed by atoms with Crippen molar-refractivity contribution in [1.82, 2.24) is 4.90 Å². The quantitative estimate of drug-likeness (QED) is 0.790. The van der Waals surface area contributed by atoms with E-state index in [1.807, 2.05) is 17.0 Å². The van der Waals surface area contributed by atoms with Crippen LogP contribution in [0.2, 0.25) is 0 Å². The van der Waals surface area contributed by atoms with Crippen LogP contribution < -0.4 is 0 Å². The topological polar surface area (TPSA) is 53.7 Å². The van der Waals surface area contributed by atoms with Gasteiger partial charge in [-0.25, -0.2) is 0 Å². The van der Waals surface area contributed by atoms with Crippen molar-refractivity contribution in [1.29, 1.82) is 0 Å². The molecule has 4 nitrogen and oxygen atoms in total. The molecule has 0 radical (unpaired) electrons. The van der Waals surface area contributed by atoms with E-state index in [0.29, 0.717) is 6.54 Å². The second-order valence-electron chi connectivity index (χ2n) is 3.55. The molecule has 1 aromatic rings. The third-order valence-corrected chi connectivity index (χ3v) is 2.59. The van der Waals surface area contributed by atoms with E-state index in [9.17, 15) is 4.79 Å². The first kappa shape index (κ1) is 9.27. The average molecular weight is 195 g/mol. The zero-order valence-electron chi connectivity index (χ0n) is 7.85. The highest BCUT2D eigenvalue weighted by atomic mass is 16.4. The van der Waals surface area contributed by atoms with E-state index >= 15 is 0 Å². The van der Waals surface area contributed by atoms with Crippen LogP contribution in [0.3, 0.4) is 0 Å². The number of carbonyl (C=O) groups is 1. The van der Waals surface area contributed by atoms with Gasteiger partial charge in [-0.3, -0.25) is 9.69 Å². The van der Waals surface area contributed by atoms with E-state index in [1.54, 1.807) is 6.26 Å². The maximum absolute atomic E-state index is 10.9. The molecule has 1 N–H and O–H groups in total. The van der Waals surface area contributed by atoms with Crippen LogP contribution in [0.5, 0.6) is 0 Å². The maximum atomic E-state index is 10.9. The highest BCUT2D eigenvalue weighted by Gasteiger charge is 2.30. The van der Waals surface area contributed by atoms with E-state index in [2.05, 4.69) is 0 Å². The molecule has 0 aromatic carbocycles. The van der Waals surface area contributed by atoms with Gasteiger partial charge in [-0.05, 0) is 31.5 Å². The summed E-state index contributed by atoms with van der Waals surface area (Å²) in [5, 5.41) is 8.94. The van der Waals surface area contributed by atoms with Gasteiger partial charge in [0.05, 0.1) is 12.8 Å². The summed E-state index contributed by atoms with van der Waals surface area (Å²) < 4.78 is 5.19. The minimum atomic E-state index is -0.728. The number of nitrogens with zero attached hydrogens (tertiary/aromatic N) is 1. The van der Waals surface area contributed by atoms with Crippen LogP contribution >= 0.6 is 0 Å². The summed E-state index contributed by atoms with van der Waals surface area (Å²) in [4.78, 5) is 12.8. The molecule has 0 bridgehead atoms. The first-order valence-corrected chi connectivity index (χ1v) is 4.76. The Bertz CT molecular complexity index is 307. The monoisotopic (exact) mass is 195 g/mol. The fraction of sp³-hybridized carbons (Fsp3) is 0.500. The molecule has 1 aromatic heterocycles. The number of carboxylic acid groups (broad SMARTS) is 1. The fourth-order valence-corrected chi connectivity index (χ4v) is 1.90. The Kier molecular flexibility index (Phi) is 2.54. The Morgan fingerprint density at radius 1 is 1.71 bits per heavy atom. The minimum absolute atomic E-state index is 0.333. The molecule has 76 valence electrons. The zero-order chi connectivity index (χ0) is 9.97. The number of aliphatic carboxylic acids is 1. The third kappa shape index (κ3) is 1.80. The summed E-state index contributed by atoms with van der Waals surface area (Å²) in [6.45, 7) is 1.45. The largest absolute Gasteiger partial charge is 0.480 e. The Morgan fingerprint density at radius 2 is 2.57 bits per heavy atom. The third-order valence-electron chi connectivity index (χ3n) is 2.59. The first-order valence-electron chi connectivity index (χ1n) is 4.76. The predicted octanol–water partition coefficient (Wildman–Crippen LogP) is 1.33. The summed E-state index contributed by atoms with van der Waals surface area (Å²) in [7, 11) is 0. The number of furan rings is 1. The molecule has 4 heteroatoms. The standard InChI is InChI=1S/C10H13NO3/c12-10(13)9-4-1-5-11(9)7-8-3-2-6-14-8/h2-3,6,9H,1,4-5,7H2,(H,12,13)/t9-/m0/s1. The van der Waals surface area contributed by atoms with Crippen LogP contribution in [0.4, 0.5) is 0 Å². The summed E-state index contributed by atoms with van der Waals surface area (Å²) in [5.74, 6) is 0.104.